The van der Waals surface area contributed by atoms with E-state index in [1.807, 2.05) is 0 Å². The summed E-state index contributed by atoms with van der Waals surface area (Å²) in [6, 6.07) is 6.53. The number of anilines is 2. The fraction of sp³-hybridized carbons (Fsp3) is 0.320. The average molecular weight is 501 g/mol. The van der Waals surface area contributed by atoms with Gasteiger partial charge in [0.25, 0.3) is 0 Å². The third-order valence-electron chi connectivity index (χ3n) is 6.71. The molecular formula is C25H24F4N6O. The fourth-order valence-corrected chi connectivity index (χ4v) is 4.70. The SMILES string of the molecule is Cc1c([C@@H](C)Nc2nc3nccn3c3cc(F)c(N4CCN(C)C(=O)C4)cc23)cccc1C(F)(F)F. The van der Waals surface area contributed by atoms with Crippen LogP contribution >= 0.6 is 0 Å². The van der Waals surface area contributed by atoms with Gasteiger partial charge >= 0.3 is 6.18 Å². The van der Waals surface area contributed by atoms with Crippen molar-refractivity contribution in [3.05, 3.63) is 65.2 Å². The van der Waals surface area contributed by atoms with Crippen molar-refractivity contribution in [2.45, 2.75) is 26.1 Å². The van der Waals surface area contributed by atoms with Crippen LogP contribution in [0.1, 0.15) is 29.7 Å². The Bertz CT molecular complexity index is 1480. The van der Waals surface area contributed by atoms with Crippen LogP contribution in [0.3, 0.4) is 0 Å². The summed E-state index contributed by atoms with van der Waals surface area (Å²) < 4.78 is 57.3. The molecule has 1 N–H and O–H groups in total. The van der Waals surface area contributed by atoms with E-state index in [9.17, 15) is 18.0 Å². The van der Waals surface area contributed by atoms with Gasteiger partial charge in [0, 0.05) is 44.0 Å². The molecule has 0 radical (unpaired) electrons. The van der Waals surface area contributed by atoms with Crippen molar-refractivity contribution in [3.8, 4) is 0 Å². The van der Waals surface area contributed by atoms with Crippen molar-refractivity contribution < 1.29 is 22.4 Å². The van der Waals surface area contributed by atoms with E-state index in [1.165, 1.54) is 25.3 Å². The van der Waals surface area contributed by atoms with Crippen molar-refractivity contribution in [1.29, 1.82) is 0 Å². The Morgan fingerprint density at radius 1 is 1.17 bits per heavy atom. The summed E-state index contributed by atoms with van der Waals surface area (Å²) in [5, 5.41) is 3.78. The number of nitrogens with zero attached hydrogens (tertiary/aromatic N) is 5. The van der Waals surface area contributed by atoms with Gasteiger partial charge in [-0.2, -0.15) is 18.2 Å². The second kappa shape index (κ2) is 8.65. The highest BCUT2D eigenvalue weighted by atomic mass is 19.4. The Balaban J connectivity index is 1.60. The number of fused-ring (bicyclic) bond motifs is 3. The lowest BCUT2D eigenvalue weighted by Gasteiger charge is -2.33. The summed E-state index contributed by atoms with van der Waals surface area (Å²) in [4.78, 5) is 24.3. The van der Waals surface area contributed by atoms with Gasteiger partial charge in [0.1, 0.15) is 11.6 Å². The molecule has 0 saturated carbocycles. The minimum atomic E-state index is -4.47. The molecule has 0 bridgehead atoms. The van der Waals surface area contributed by atoms with Crippen molar-refractivity contribution >= 4 is 34.1 Å². The van der Waals surface area contributed by atoms with Crippen LogP contribution in [-0.4, -0.2) is 51.9 Å². The molecule has 1 fully saturated rings. The van der Waals surface area contributed by atoms with Crippen molar-refractivity contribution in [2.24, 2.45) is 0 Å². The lowest BCUT2D eigenvalue weighted by Crippen LogP contribution is -2.48. The van der Waals surface area contributed by atoms with Crippen molar-refractivity contribution in [3.63, 3.8) is 0 Å². The zero-order valence-corrected chi connectivity index (χ0v) is 19.9. The van der Waals surface area contributed by atoms with Crippen molar-refractivity contribution in [1.82, 2.24) is 19.3 Å². The van der Waals surface area contributed by atoms with Gasteiger partial charge in [-0.3, -0.25) is 9.20 Å². The molecule has 1 aliphatic rings. The van der Waals surface area contributed by atoms with Crippen LogP contribution in [0.25, 0.3) is 16.7 Å². The van der Waals surface area contributed by atoms with Crippen LogP contribution in [0, 0.1) is 12.7 Å². The topological polar surface area (TPSA) is 65.8 Å². The van der Waals surface area contributed by atoms with Crippen LogP contribution in [0.15, 0.2) is 42.7 Å². The molecule has 1 amide bonds. The zero-order chi connectivity index (χ0) is 25.8. The highest BCUT2D eigenvalue weighted by molar-refractivity contribution is 5.94. The molecule has 0 unspecified atom stereocenters. The maximum atomic E-state index is 15.3. The van der Waals surface area contributed by atoms with Gasteiger partial charge in [-0.05, 0) is 37.1 Å². The molecule has 7 nitrogen and oxygen atoms in total. The lowest BCUT2D eigenvalue weighted by molar-refractivity contribution is -0.138. The van der Waals surface area contributed by atoms with Gasteiger partial charge in [0.05, 0.1) is 29.4 Å². The number of imidazole rings is 1. The normalized spacial score (nSPS) is 15.7. The highest BCUT2D eigenvalue weighted by Crippen LogP contribution is 2.36. The van der Waals surface area contributed by atoms with E-state index in [-0.39, 0.29) is 23.7 Å². The summed E-state index contributed by atoms with van der Waals surface area (Å²) in [6.45, 7) is 4.16. The number of likely N-dealkylation sites (N-methyl/N-ethyl adjacent to an activating group) is 1. The number of alkyl halides is 3. The van der Waals surface area contributed by atoms with Gasteiger partial charge in [-0.1, -0.05) is 12.1 Å². The third kappa shape index (κ3) is 4.08. The Kier molecular flexibility index (Phi) is 5.73. The minimum Gasteiger partial charge on any atom is -0.363 e. The maximum Gasteiger partial charge on any atom is 0.416 e. The van der Waals surface area contributed by atoms with Crippen LogP contribution in [0.5, 0.6) is 0 Å². The molecule has 36 heavy (non-hydrogen) atoms. The molecule has 0 spiro atoms. The summed E-state index contributed by atoms with van der Waals surface area (Å²) in [5.41, 5.74) is 0.652. The first-order valence-corrected chi connectivity index (χ1v) is 11.4. The zero-order valence-electron chi connectivity index (χ0n) is 19.9. The van der Waals surface area contributed by atoms with E-state index in [1.54, 1.807) is 46.5 Å². The number of piperazine rings is 1. The summed E-state index contributed by atoms with van der Waals surface area (Å²) in [6.07, 6.45) is -1.27. The second-order valence-electron chi connectivity index (χ2n) is 9.00. The number of benzene rings is 2. The maximum absolute atomic E-state index is 15.3. The monoisotopic (exact) mass is 500 g/mol. The third-order valence-corrected chi connectivity index (χ3v) is 6.71. The van der Waals surface area contributed by atoms with Gasteiger partial charge in [-0.15, -0.1) is 0 Å². The number of halogens is 4. The quantitative estimate of drug-likeness (QED) is 0.408. The number of hydrogen-bond donors (Lipinski definition) is 1. The molecule has 4 aromatic rings. The fourth-order valence-electron chi connectivity index (χ4n) is 4.70. The number of hydrogen-bond acceptors (Lipinski definition) is 5. The molecule has 0 aliphatic carbocycles. The molecule has 188 valence electrons. The number of amides is 1. The Morgan fingerprint density at radius 2 is 1.94 bits per heavy atom. The van der Waals surface area contributed by atoms with Crippen LogP contribution in [0.4, 0.5) is 29.1 Å². The lowest BCUT2D eigenvalue weighted by atomic mass is 9.97. The first kappa shape index (κ1) is 23.8. The van der Waals surface area contributed by atoms with Gasteiger partial charge in [0.2, 0.25) is 11.7 Å². The first-order valence-electron chi connectivity index (χ1n) is 11.4. The van der Waals surface area contributed by atoms with Gasteiger partial charge in [-0.25, -0.2) is 9.37 Å². The number of rotatable bonds is 4. The molecule has 1 saturated heterocycles. The summed E-state index contributed by atoms with van der Waals surface area (Å²) in [7, 11) is 1.70. The van der Waals surface area contributed by atoms with E-state index >= 15 is 4.39 Å². The smallest absolute Gasteiger partial charge is 0.363 e. The Labute approximate surface area is 204 Å². The number of nitrogens with one attached hydrogen (secondary N) is 1. The van der Waals surface area contributed by atoms with E-state index in [0.29, 0.717) is 41.2 Å². The Morgan fingerprint density at radius 3 is 2.67 bits per heavy atom. The van der Waals surface area contributed by atoms with Crippen LogP contribution in [0.2, 0.25) is 0 Å². The minimum absolute atomic E-state index is 0.0439. The summed E-state index contributed by atoms with van der Waals surface area (Å²) in [5.74, 6) is 0.0688. The molecule has 3 heterocycles. The van der Waals surface area contributed by atoms with Crippen molar-refractivity contribution in [2.75, 3.05) is 36.9 Å². The van der Waals surface area contributed by atoms with Gasteiger partial charge < -0.3 is 15.1 Å². The largest absolute Gasteiger partial charge is 0.416 e. The molecule has 1 aliphatic heterocycles. The molecular weight excluding hydrogens is 476 g/mol. The molecule has 11 heteroatoms. The van der Waals surface area contributed by atoms with E-state index in [0.717, 1.165) is 6.07 Å². The Hall–Kier alpha value is -3.89. The standard InChI is InChI=1S/C25H24F4N6O/c1-14-16(5-4-6-18(14)25(27,28)29)15(2)31-23-17-11-21(34-10-9-33(3)22(36)13-34)19(26)12-20(17)35-8-7-30-24(35)32-23/h4-8,11-12,15H,9-10,13H2,1-3H3,(H,30,31,32)/t15-/m1/s1. The predicted octanol–water partition coefficient (Wildman–Crippen LogP) is 4.80. The predicted molar refractivity (Wildman–Crippen MR) is 129 cm³/mol. The summed E-state index contributed by atoms with van der Waals surface area (Å²) >= 11 is 0. The molecule has 1 atom stereocenters. The van der Waals surface area contributed by atoms with Crippen LogP contribution < -0.4 is 10.2 Å². The van der Waals surface area contributed by atoms with E-state index in [2.05, 4.69) is 15.3 Å². The van der Waals surface area contributed by atoms with E-state index in [4.69, 9.17) is 0 Å². The number of aromatic nitrogens is 3. The molecule has 2 aromatic carbocycles. The van der Waals surface area contributed by atoms with Gasteiger partial charge in [0.15, 0.2) is 0 Å². The van der Waals surface area contributed by atoms with E-state index < -0.39 is 23.6 Å². The number of carbonyl (C=O) groups excluding carboxylic acids is 1. The highest BCUT2D eigenvalue weighted by Gasteiger charge is 2.33. The van der Waals surface area contributed by atoms with Crippen LogP contribution in [-0.2, 0) is 11.0 Å². The first-order chi connectivity index (χ1) is 17.0. The second-order valence-corrected chi connectivity index (χ2v) is 9.00. The molecule has 5 rings (SSSR count). The number of carbonyl (C=O) groups is 1. The average Bonchev–Trinajstić information content (AvgIpc) is 3.28. The molecule has 2 aromatic heterocycles.